The van der Waals surface area contributed by atoms with Gasteiger partial charge in [0.2, 0.25) is 0 Å². The molecule has 11 heterocycles. The van der Waals surface area contributed by atoms with Crippen molar-refractivity contribution in [3.05, 3.63) is 341 Å². The molecule has 0 aliphatic heterocycles. The molecule has 0 aliphatic rings. The van der Waals surface area contributed by atoms with E-state index in [2.05, 4.69) is 209 Å². The Morgan fingerprint density at radius 1 is 0.193 bits per heavy atom. The summed E-state index contributed by atoms with van der Waals surface area (Å²) < 4.78 is 0. The number of hydrogen-bond acceptors (Lipinski definition) is 22. The van der Waals surface area contributed by atoms with Gasteiger partial charge in [0.25, 0.3) is 0 Å². The zero-order valence-electron chi connectivity index (χ0n) is 58.9. The van der Waals surface area contributed by atoms with E-state index in [1.807, 2.05) is 154 Å². The van der Waals surface area contributed by atoms with Gasteiger partial charge in [-0.1, -0.05) is 170 Å². The van der Waals surface area contributed by atoms with Crippen molar-refractivity contribution >= 4 is 43.1 Å². The Morgan fingerprint density at radius 3 is 1.04 bits per heavy atom. The fourth-order valence-electron chi connectivity index (χ4n) is 11.7. The van der Waals surface area contributed by atoms with Crippen LogP contribution in [-0.4, -0.2) is 110 Å². The summed E-state index contributed by atoms with van der Waals surface area (Å²) >= 11 is 0. The first-order valence-electron chi connectivity index (χ1n) is 34.6. The van der Waals surface area contributed by atoms with Crippen LogP contribution in [-0.2, 0) is 0 Å². The predicted octanol–water partition coefficient (Wildman–Crippen LogP) is 17.3. The van der Waals surface area contributed by atoms with E-state index in [-0.39, 0.29) is 0 Å². The summed E-state index contributed by atoms with van der Waals surface area (Å²) in [4.78, 5) is 95.1. The van der Waals surface area contributed by atoms with Crippen LogP contribution >= 0.6 is 0 Å². The minimum Gasteiger partial charge on any atom is -0.265 e. The number of hydrogen-bond donors (Lipinski definition) is 0. The Morgan fingerprint density at radius 2 is 0.578 bits per heavy atom. The first kappa shape index (κ1) is 69.4. The second-order valence-corrected chi connectivity index (χ2v) is 24.3. The molecule has 0 N–H and O–H groups in total. The zero-order chi connectivity index (χ0) is 73.9. The quantitative estimate of drug-likeness (QED) is 0.123. The molecule has 0 radical (unpaired) electrons. The summed E-state index contributed by atoms with van der Waals surface area (Å²) in [5.74, 6) is 8.27. The highest BCUT2D eigenvalue weighted by atomic mass is 15.1. The SMILES string of the molecule is Cc1nc(-c2ccccn2)nc(-c2ccccn2)n1.Cc1nc(-c2cccnc2)nc(-c2cccnc2)n1.Cc1nc(-c2ccncc2)nc(-c2ccncn2)n1.c1ccc2c(-c3ncnc(-c4cccc5ccccc45)n3)cccc2c1.c1ccc2cc(-c3ncnc(-c4ccc5ccccc5c4)n3)ccc2c1. The van der Waals surface area contributed by atoms with Crippen LogP contribution in [0.25, 0.3) is 157 Å². The van der Waals surface area contributed by atoms with E-state index >= 15 is 0 Å². The highest BCUT2D eigenvalue weighted by Crippen LogP contribution is 2.32. The summed E-state index contributed by atoms with van der Waals surface area (Å²) in [6.45, 7) is 5.51. The van der Waals surface area contributed by atoms with Crippen LogP contribution in [0.3, 0.4) is 0 Å². The molecule has 8 aromatic carbocycles. The standard InChI is InChI=1S/2C23H15N3.2C14H11N5.C13H10N6/c1-3-11-18-16(7-1)9-5-13-20(18)22-24-15-25-23(26-22)21-14-6-10-17-8-2-4-12-19(17)21;1-3-7-18-13-20(11-9-16(18)5-1)22-24-15-25-23(26-22)21-12-10-17-6-2-4-8-19(17)14-21;1-10-17-13(11-4-2-6-15-8-11)19-14(18-10)12-5-3-7-16-9-12;1-10-17-13(11-6-2-4-8-15-11)19-14(18-10)12-7-3-5-9-16-12;1-9-17-12(10-2-5-14-6-3-10)19-13(18-9)11-4-7-15-8-16-11/h2*1-15H;2*2-9H,1H3;2-8H,1H3. The van der Waals surface area contributed by atoms with E-state index in [0.717, 1.165) is 61.1 Å². The first-order valence-corrected chi connectivity index (χ1v) is 34.6. The number of benzene rings is 8. The van der Waals surface area contributed by atoms with Crippen molar-refractivity contribution in [1.29, 1.82) is 0 Å². The molecule has 520 valence electrons. The van der Waals surface area contributed by atoms with Crippen LogP contribution in [0.15, 0.2) is 323 Å². The third kappa shape index (κ3) is 17.2. The van der Waals surface area contributed by atoms with Gasteiger partial charge in [0.05, 0.1) is 0 Å². The maximum atomic E-state index is 4.79. The largest absolute Gasteiger partial charge is 0.265 e. The fraction of sp³-hybridized carbons (Fsp3) is 0.0345. The Hall–Kier alpha value is -15.3. The lowest BCUT2D eigenvalue weighted by Gasteiger charge is -2.08. The topological polar surface area (TPSA) is 284 Å². The molecule has 0 aliphatic carbocycles. The molecule has 109 heavy (non-hydrogen) atoms. The third-order valence-electron chi connectivity index (χ3n) is 16.8. The summed E-state index contributed by atoms with van der Waals surface area (Å²) in [7, 11) is 0. The van der Waals surface area contributed by atoms with Gasteiger partial charge in [-0.3, -0.25) is 24.9 Å². The van der Waals surface area contributed by atoms with Crippen LogP contribution in [0.1, 0.15) is 17.5 Å². The van der Waals surface area contributed by atoms with E-state index < -0.39 is 0 Å². The fourth-order valence-corrected chi connectivity index (χ4v) is 11.7. The Labute approximate surface area is 625 Å². The lowest BCUT2D eigenvalue weighted by Crippen LogP contribution is -2.01. The molecule has 0 bridgehead atoms. The number of pyridine rings is 5. The van der Waals surface area contributed by atoms with Crippen molar-refractivity contribution in [3.8, 4) is 114 Å². The monoisotopic (exact) mass is 1410 g/mol. The molecule has 0 amide bonds. The highest BCUT2D eigenvalue weighted by Gasteiger charge is 2.16. The van der Waals surface area contributed by atoms with Crippen molar-refractivity contribution in [2.45, 2.75) is 20.8 Å². The molecule has 22 heteroatoms. The molecule has 0 fully saturated rings. The van der Waals surface area contributed by atoms with Crippen LogP contribution in [0.2, 0.25) is 0 Å². The molecule has 0 saturated carbocycles. The van der Waals surface area contributed by atoms with Gasteiger partial charge >= 0.3 is 0 Å². The lowest BCUT2D eigenvalue weighted by molar-refractivity contribution is 0.975. The van der Waals surface area contributed by atoms with Gasteiger partial charge < -0.3 is 0 Å². The predicted molar refractivity (Wildman–Crippen MR) is 422 cm³/mol. The third-order valence-corrected chi connectivity index (χ3v) is 16.8. The Balaban J connectivity index is 0.000000109. The molecule has 0 atom stereocenters. The second-order valence-electron chi connectivity index (χ2n) is 24.3. The normalized spacial score (nSPS) is 10.7. The number of nitrogens with zero attached hydrogens (tertiary/aromatic N) is 22. The zero-order valence-corrected chi connectivity index (χ0v) is 58.9. The van der Waals surface area contributed by atoms with E-state index in [1.54, 1.807) is 74.5 Å². The van der Waals surface area contributed by atoms with Gasteiger partial charge in [0, 0.05) is 94.7 Å². The molecule has 0 spiro atoms. The second kappa shape index (κ2) is 33.4. The van der Waals surface area contributed by atoms with Crippen molar-refractivity contribution in [2.24, 2.45) is 0 Å². The number of aryl methyl sites for hydroxylation is 3. The van der Waals surface area contributed by atoms with Gasteiger partial charge in [-0.05, 0) is 143 Å². The van der Waals surface area contributed by atoms with E-state index in [9.17, 15) is 0 Å². The van der Waals surface area contributed by atoms with Gasteiger partial charge in [-0.2, -0.15) is 0 Å². The van der Waals surface area contributed by atoms with Crippen LogP contribution in [0, 0.1) is 20.8 Å². The molecule has 0 saturated heterocycles. The number of aromatic nitrogens is 22. The highest BCUT2D eigenvalue weighted by molar-refractivity contribution is 5.97. The van der Waals surface area contributed by atoms with Crippen LogP contribution in [0.4, 0.5) is 0 Å². The van der Waals surface area contributed by atoms with Gasteiger partial charge in [-0.15, -0.1) is 0 Å². The van der Waals surface area contributed by atoms with Crippen LogP contribution < -0.4 is 0 Å². The molecule has 11 aromatic heterocycles. The Bertz CT molecular complexity index is 5630. The van der Waals surface area contributed by atoms with Crippen molar-refractivity contribution < 1.29 is 0 Å². The molecular formula is C87H62N22. The van der Waals surface area contributed by atoms with E-state index in [1.165, 1.54) is 38.6 Å². The van der Waals surface area contributed by atoms with Gasteiger partial charge in [0.1, 0.15) is 53.5 Å². The summed E-state index contributed by atoms with van der Waals surface area (Å²) in [5.41, 5.74) is 8.80. The molecular weight excluding hydrogens is 1350 g/mol. The average molecular weight is 1420 g/mol. The molecule has 22 nitrogen and oxygen atoms in total. The van der Waals surface area contributed by atoms with Gasteiger partial charge in [0.15, 0.2) is 58.2 Å². The van der Waals surface area contributed by atoms with Crippen molar-refractivity contribution in [1.82, 2.24) is 110 Å². The summed E-state index contributed by atoms with van der Waals surface area (Å²) in [6, 6.07) is 82.5. The molecule has 0 unspecified atom stereocenters. The Kier molecular flexibility index (Phi) is 21.3. The minimum atomic E-state index is 0.543. The number of rotatable bonds is 10. The molecule has 19 aromatic rings. The minimum absolute atomic E-state index is 0.543. The molecule has 19 rings (SSSR count). The smallest absolute Gasteiger partial charge is 0.182 e. The van der Waals surface area contributed by atoms with Crippen molar-refractivity contribution in [3.63, 3.8) is 0 Å². The van der Waals surface area contributed by atoms with E-state index in [0.29, 0.717) is 81.4 Å². The summed E-state index contributed by atoms with van der Waals surface area (Å²) in [5, 5.41) is 9.42. The number of fused-ring (bicyclic) bond motifs is 4. The maximum Gasteiger partial charge on any atom is 0.182 e. The van der Waals surface area contributed by atoms with Crippen LogP contribution in [0.5, 0.6) is 0 Å². The lowest BCUT2D eigenvalue weighted by atomic mass is 10.0. The van der Waals surface area contributed by atoms with E-state index in [4.69, 9.17) is 9.97 Å². The average Bonchev–Trinajstić information content (AvgIpc) is 0.780. The van der Waals surface area contributed by atoms with Crippen molar-refractivity contribution in [2.75, 3.05) is 0 Å². The first-order chi connectivity index (χ1) is 53.7. The summed E-state index contributed by atoms with van der Waals surface area (Å²) in [6.07, 6.45) is 20.1. The maximum absolute atomic E-state index is 4.79. The van der Waals surface area contributed by atoms with Gasteiger partial charge in [-0.25, -0.2) is 84.7 Å².